The molecule has 0 fully saturated rings. The summed E-state index contributed by atoms with van der Waals surface area (Å²) in [6.45, 7) is 1.91. The number of para-hydroxylation sites is 2. The number of carbonyl (C=O) groups excluding carboxylic acids is 1. The molecule has 2 aromatic carbocycles. The van der Waals surface area contributed by atoms with Gasteiger partial charge < -0.3 is 20.5 Å². The number of sulfonamides is 1. The van der Waals surface area contributed by atoms with Crippen molar-refractivity contribution >= 4 is 27.4 Å². The van der Waals surface area contributed by atoms with E-state index in [-0.39, 0.29) is 17.2 Å². The number of rotatable bonds is 9. The van der Waals surface area contributed by atoms with Gasteiger partial charge in [-0.25, -0.2) is 13.2 Å². The van der Waals surface area contributed by atoms with Gasteiger partial charge in [0.15, 0.2) is 0 Å². The smallest absolute Gasteiger partial charge is 0.319 e. The summed E-state index contributed by atoms with van der Waals surface area (Å²) in [7, 11) is -3.89. The van der Waals surface area contributed by atoms with Gasteiger partial charge in [-0.2, -0.15) is 0 Å². The van der Waals surface area contributed by atoms with Crippen LogP contribution in [-0.2, 0) is 16.6 Å². The second-order valence-corrected chi connectivity index (χ2v) is 8.64. The maximum Gasteiger partial charge on any atom is 0.319 e. The van der Waals surface area contributed by atoms with E-state index in [1.165, 1.54) is 24.3 Å². The number of amides is 2. The van der Waals surface area contributed by atoms with Crippen LogP contribution in [0.4, 0.5) is 16.2 Å². The van der Waals surface area contributed by atoms with Gasteiger partial charge in [-0.05, 0) is 55.0 Å². The van der Waals surface area contributed by atoms with Crippen molar-refractivity contribution < 1.29 is 23.1 Å². The molecule has 0 bridgehead atoms. The summed E-state index contributed by atoms with van der Waals surface area (Å²) < 4.78 is 33.5. The van der Waals surface area contributed by atoms with Gasteiger partial charge in [-0.15, -0.1) is 0 Å². The van der Waals surface area contributed by atoms with Crippen LogP contribution in [0.3, 0.4) is 0 Å². The van der Waals surface area contributed by atoms with Crippen molar-refractivity contribution in [1.82, 2.24) is 10.3 Å². The van der Waals surface area contributed by atoms with Crippen LogP contribution in [0.5, 0.6) is 5.75 Å². The Morgan fingerprint density at radius 2 is 1.84 bits per heavy atom. The first-order valence-electron chi connectivity index (χ1n) is 9.80. The molecule has 2 amide bonds. The molecular formula is C22H24N4O5S. The minimum Gasteiger partial charge on any atom is -0.489 e. The van der Waals surface area contributed by atoms with Crippen LogP contribution in [0.2, 0.25) is 0 Å². The van der Waals surface area contributed by atoms with Crippen LogP contribution in [0.25, 0.3) is 0 Å². The van der Waals surface area contributed by atoms with E-state index in [1.807, 2.05) is 6.07 Å². The number of pyridine rings is 1. The Bertz CT molecular complexity index is 1140. The van der Waals surface area contributed by atoms with E-state index in [0.29, 0.717) is 18.0 Å². The summed E-state index contributed by atoms with van der Waals surface area (Å²) in [5.74, 6) is 0.306. The van der Waals surface area contributed by atoms with E-state index in [4.69, 9.17) is 4.74 Å². The van der Waals surface area contributed by atoms with E-state index >= 15 is 0 Å². The summed E-state index contributed by atoms with van der Waals surface area (Å²) >= 11 is 0. The molecule has 0 radical (unpaired) electrons. The van der Waals surface area contributed by atoms with E-state index in [9.17, 15) is 18.3 Å². The van der Waals surface area contributed by atoms with Crippen molar-refractivity contribution in [2.45, 2.75) is 24.5 Å². The Hall–Kier alpha value is -3.63. The normalized spacial score (nSPS) is 11.9. The van der Waals surface area contributed by atoms with Crippen molar-refractivity contribution in [3.8, 4) is 5.75 Å². The van der Waals surface area contributed by atoms with Gasteiger partial charge in [0.1, 0.15) is 12.4 Å². The third-order valence-corrected chi connectivity index (χ3v) is 5.59. The number of carbonyl (C=O) groups is 1. The van der Waals surface area contributed by atoms with Crippen molar-refractivity contribution in [2.24, 2.45) is 0 Å². The molecule has 0 aliphatic rings. The summed E-state index contributed by atoms with van der Waals surface area (Å²) in [4.78, 5) is 16.0. The van der Waals surface area contributed by atoms with Gasteiger partial charge in [-0.1, -0.05) is 18.2 Å². The van der Waals surface area contributed by atoms with Gasteiger partial charge in [0.2, 0.25) is 0 Å². The number of benzene rings is 2. The lowest BCUT2D eigenvalue weighted by molar-refractivity contribution is 0.123. The fourth-order valence-electron chi connectivity index (χ4n) is 2.67. The molecule has 0 spiro atoms. The van der Waals surface area contributed by atoms with Crippen molar-refractivity contribution in [2.75, 3.05) is 16.6 Å². The zero-order valence-electron chi connectivity index (χ0n) is 17.4. The first kappa shape index (κ1) is 23.0. The molecular weight excluding hydrogens is 432 g/mol. The fourth-order valence-corrected chi connectivity index (χ4v) is 3.74. The second-order valence-electron chi connectivity index (χ2n) is 6.96. The predicted molar refractivity (Wildman–Crippen MR) is 121 cm³/mol. The molecule has 4 N–H and O–H groups in total. The van der Waals surface area contributed by atoms with Gasteiger partial charge in [0, 0.05) is 24.6 Å². The SMILES string of the molecule is C[C@H](O)COc1ccccc1NS(=O)(=O)c1ccc(NC(=O)NCc2cccnc2)cc1. The van der Waals surface area contributed by atoms with Gasteiger partial charge in [0.25, 0.3) is 10.0 Å². The number of aliphatic hydroxyl groups is 1. The van der Waals surface area contributed by atoms with Crippen LogP contribution in [0.15, 0.2) is 78.0 Å². The second kappa shape index (κ2) is 10.6. The standard InChI is InChI=1S/C22H24N4O5S/c1-16(27)15-31-21-7-3-2-6-20(21)26-32(29,30)19-10-8-18(9-11-19)25-22(28)24-14-17-5-4-12-23-13-17/h2-13,16,26-27H,14-15H2,1H3,(H2,24,25,28)/t16-/m0/s1. The first-order valence-corrected chi connectivity index (χ1v) is 11.3. The molecule has 0 aliphatic heterocycles. The maximum absolute atomic E-state index is 12.8. The quantitative estimate of drug-likeness (QED) is 0.392. The van der Waals surface area contributed by atoms with Crippen LogP contribution in [0.1, 0.15) is 12.5 Å². The Kier molecular flexibility index (Phi) is 7.63. The Morgan fingerprint density at radius 3 is 2.53 bits per heavy atom. The topological polar surface area (TPSA) is 130 Å². The van der Waals surface area contributed by atoms with Gasteiger partial charge >= 0.3 is 6.03 Å². The highest BCUT2D eigenvalue weighted by molar-refractivity contribution is 7.92. The lowest BCUT2D eigenvalue weighted by atomic mass is 10.3. The number of nitrogens with one attached hydrogen (secondary N) is 3. The van der Waals surface area contributed by atoms with Gasteiger partial charge in [0.05, 0.1) is 16.7 Å². The molecule has 9 nitrogen and oxygen atoms in total. The fraction of sp³-hybridized carbons (Fsp3) is 0.182. The number of nitrogens with zero attached hydrogens (tertiary/aromatic N) is 1. The average Bonchev–Trinajstić information content (AvgIpc) is 2.78. The number of hydrogen-bond acceptors (Lipinski definition) is 6. The number of hydrogen-bond donors (Lipinski definition) is 4. The maximum atomic E-state index is 12.8. The number of ether oxygens (including phenoxy) is 1. The van der Waals surface area contributed by atoms with Crippen molar-refractivity contribution in [3.63, 3.8) is 0 Å². The molecule has 0 aliphatic carbocycles. The summed E-state index contributed by atoms with van der Waals surface area (Å²) in [6.07, 6.45) is 2.61. The largest absolute Gasteiger partial charge is 0.489 e. The highest BCUT2D eigenvalue weighted by Crippen LogP contribution is 2.27. The predicted octanol–water partition coefficient (Wildman–Crippen LogP) is 2.96. The molecule has 0 saturated heterocycles. The highest BCUT2D eigenvalue weighted by atomic mass is 32.2. The molecule has 1 aromatic heterocycles. The summed E-state index contributed by atoms with van der Waals surface area (Å²) in [5.41, 5.74) is 1.55. The number of aromatic nitrogens is 1. The van der Waals surface area contributed by atoms with E-state index in [1.54, 1.807) is 49.6 Å². The van der Waals surface area contributed by atoms with Gasteiger partial charge in [-0.3, -0.25) is 9.71 Å². The molecule has 3 aromatic rings. The Balaban J connectivity index is 1.62. The van der Waals surface area contributed by atoms with Crippen LogP contribution in [0, 0.1) is 0 Å². The third kappa shape index (κ3) is 6.69. The van der Waals surface area contributed by atoms with Crippen LogP contribution >= 0.6 is 0 Å². The monoisotopic (exact) mass is 456 g/mol. The van der Waals surface area contributed by atoms with Crippen LogP contribution in [-0.4, -0.2) is 37.3 Å². The number of aliphatic hydroxyl groups excluding tert-OH is 1. The molecule has 0 unspecified atom stereocenters. The molecule has 1 heterocycles. The Labute approximate surface area is 186 Å². The average molecular weight is 457 g/mol. The molecule has 0 saturated carbocycles. The Morgan fingerprint density at radius 1 is 1.09 bits per heavy atom. The lowest BCUT2D eigenvalue weighted by Gasteiger charge is -2.14. The molecule has 10 heteroatoms. The van der Waals surface area contributed by atoms with E-state index in [0.717, 1.165) is 5.56 Å². The molecule has 3 rings (SSSR count). The van der Waals surface area contributed by atoms with Crippen molar-refractivity contribution in [1.29, 1.82) is 0 Å². The third-order valence-electron chi connectivity index (χ3n) is 4.21. The molecule has 32 heavy (non-hydrogen) atoms. The number of urea groups is 1. The van der Waals surface area contributed by atoms with Crippen molar-refractivity contribution in [3.05, 3.63) is 78.6 Å². The summed E-state index contributed by atoms with van der Waals surface area (Å²) in [5, 5.41) is 14.7. The lowest BCUT2D eigenvalue weighted by Crippen LogP contribution is -2.28. The summed E-state index contributed by atoms with van der Waals surface area (Å²) in [6, 6.07) is 15.5. The number of anilines is 2. The highest BCUT2D eigenvalue weighted by Gasteiger charge is 2.17. The first-order chi connectivity index (χ1) is 15.3. The zero-order chi connectivity index (χ0) is 23.0. The van der Waals surface area contributed by atoms with E-state index in [2.05, 4.69) is 20.3 Å². The van der Waals surface area contributed by atoms with E-state index < -0.39 is 22.2 Å². The minimum absolute atomic E-state index is 0.0177. The molecule has 168 valence electrons. The van der Waals surface area contributed by atoms with Crippen LogP contribution < -0.4 is 20.1 Å². The zero-order valence-corrected chi connectivity index (χ0v) is 18.2. The molecule has 1 atom stereocenters. The minimum atomic E-state index is -3.89.